The smallest absolute Gasteiger partial charge is 0.261 e. The van der Waals surface area contributed by atoms with E-state index in [1.54, 1.807) is 29.2 Å². The van der Waals surface area contributed by atoms with E-state index >= 15 is 0 Å². The van der Waals surface area contributed by atoms with Crippen LogP contribution < -0.4 is 10.0 Å². The highest BCUT2D eigenvalue weighted by Gasteiger charge is 2.17. The highest BCUT2D eigenvalue weighted by Crippen LogP contribution is 2.19. The van der Waals surface area contributed by atoms with Crippen LogP contribution in [0.5, 0.6) is 0 Å². The van der Waals surface area contributed by atoms with Gasteiger partial charge in [-0.05, 0) is 62.4 Å². The van der Waals surface area contributed by atoms with Gasteiger partial charge in [0.1, 0.15) is 0 Å². The minimum atomic E-state index is -3.79. The van der Waals surface area contributed by atoms with E-state index in [9.17, 15) is 18.0 Å². The second-order valence-corrected chi connectivity index (χ2v) is 7.55. The van der Waals surface area contributed by atoms with Crippen molar-refractivity contribution in [1.29, 1.82) is 0 Å². The Morgan fingerprint density at radius 2 is 1.41 bits per heavy atom. The number of anilines is 2. The van der Waals surface area contributed by atoms with Gasteiger partial charge < -0.3 is 10.2 Å². The van der Waals surface area contributed by atoms with Gasteiger partial charge in [-0.3, -0.25) is 14.3 Å². The Morgan fingerprint density at radius 1 is 0.889 bits per heavy atom. The molecule has 2 aromatic carbocycles. The van der Waals surface area contributed by atoms with Crippen molar-refractivity contribution in [3.8, 4) is 0 Å². The minimum absolute atomic E-state index is 0.0598. The summed E-state index contributed by atoms with van der Waals surface area (Å²) in [6.07, 6.45) is 0. The third-order valence-electron chi connectivity index (χ3n) is 3.92. The van der Waals surface area contributed by atoms with Crippen LogP contribution in [0.15, 0.2) is 53.4 Å². The van der Waals surface area contributed by atoms with E-state index in [1.807, 2.05) is 13.8 Å². The number of nitrogens with zero attached hydrogens (tertiary/aromatic N) is 1. The molecule has 2 amide bonds. The lowest BCUT2D eigenvalue weighted by molar-refractivity contribution is -0.114. The van der Waals surface area contributed by atoms with Gasteiger partial charge in [0.25, 0.3) is 15.9 Å². The summed E-state index contributed by atoms with van der Waals surface area (Å²) >= 11 is 0. The first-order valence-electron chi connectivity index (χ1n) is 8.56. The number of hydrogen-bond donors (Lipinski definition) is 2. The summed E-state index contributed by atoms with van der Waals surface area (Å²) in [4.78, 5) is 25.0. The summed E-state index contributed by atoms with van der Waals surface area (Å²) < 4.78 is 27.5. The normalized spacial score (nSPS) is 10.9. The fourth-order valence-electron chi connectivity index (χ4n) is 2.51. The summed E-state index contributed by atoms with van der Waals surface area (Å²) in [5.41, 5.74) is 1.38. The zero-order valence-corrected chi connectivity index (χ0v) is 16.3. The Labute approximate surface area is 159 Å². The van der Waals surface area contributed by atoms with Crippen molar-refractivity contribution < 1.29 is 18.0 Å². The monoisotopic (exact) mass is 389 g/mol. The second-order valence-electron chi connectivity index (χ2n) is 5.87. The van der Waals surface area contributed by atoms with Crippen molar-refractivity contribution in [2.45, 2.75) is 25.7 Å². The van der Waals surface area contributed by atoms with Crippen molar-refractivity contribution in [1.82, 2.24) is 4.90 Å². The van der Waals surface area contributed by atoms with Crippen LogP contribution in [0.1, 0.15) is 31.1 Å². The molecular formula is C19H23N3O4S. The largest absolute Gasteiger partial charge is 0.339 e. The molecule has 27 heavy (non-hydrogen) atoms. The molecule has 0 aliphatic rings. The first-order chi connectivity index (χ1) is 12.8. The third-order valence-corrected chi connectivity index (χ3v) is 5.32. The molecule has 0 atom stereocenters. The zero-order valence-electron chi connectivity index (χ0n) is 15.5. The maximum absolute atomic E-state index is 12.5. The van der Waals surface area contributed by atoms with Gasteiger partial charge in [-0.2, -0.15) is 0 Å². The van der Waals surface area contributed by atoms with Gasteiger partial charge in [0.2, 0.25) is 5.91 Å². The molecule has 0 aliphatic heterocycles. The van der Waals surface area contributed by atoms with Crippen molar-refractivity contribution >= 4 is 33.2 Å². The van der Waals surface area contributed by atoms with Crippen LogP contribution in [0.25, 0.3) is 0 Å². The maximum Gasteiger partial charge on any atom is 0.261 e. The average molecular weight is 389 g/mol. The quantitative estimate of drug-likeness (QED) is 0.761. The van der Waals surface area contributed by atoms with Gasteiger partial charge in [0.05, 0.1) is 4.90 Å². The molecule has 2 rings (SSSR count). The standard InChI is InChI=1S/C19H23N3O4S/c1-4-22(5-2)19(24)15-6-12-18(13-7-15)27(25,26)21-17-10-8-16(9-11-17)20-14(3)23/h6-13,21H,4-5H2,1-3H3,(H,20,23). The molecule has 0 aromatic heterocycles. The number of hydrogen-bond acceptors (Lipinski definition) is 4. The maximum atomic E-state index is 12.5. The molecular weight excluding hydrogens is 366 g/mol. The fourth-order valence-corrected chi connectivity index (χ4v) is 3.57. The van der Waals surface area contributed by atoms with E-state index in [2.05, 4.69) is 10.0 Å². The van der Waals surface area contributed by atoms with Crippen molar-refractivity contribution in [3.63, 3.8) is 0 Å². The molecule has 0 fully saturated rings. The van der Waals surface area contributed by atoms with Crippen LogP contribution in [0.3, 0.4) is 0 Å². The first-order valence-corrected chi connectivity index (χ1v) is 10.0. The van der Waals surface area contributed by atoms with Crippen molar-refractivity contribution in [2.24, 2.45) is 0 Å². The van der Waals surface area contributed by atoms with E-state index in [0.29, 0.717) is 30.0 Å². The number of rotatable bonds is 7. The molecule has 0 spiro atoms. The first kappa shape index (κ1) is 20.4. The zero-order chi connectivity index (χ0) is 20.0. The highest BCUT2D eigenvalue weighted by molar-refractivity contribution is 7.92. The van der Waals surface area contributed by atoms with Crippen LogP contribution >= 0.6 is 0 Å². The predicted octanol–water partition coefficient (Wildman–Crippen LogP) is 2.93. The number of carbonyl (C=O) groups excluding carboxylic acids is 2. The number of benzene rings is 2. The summed E-state index contributed by atoms with van der Waals surface area (Å²) in [5.74, 6) is -0.340. The summed E-state index contributed by atoms with van der Waals surface area (Å²) in [6, 6.07) is 12.2. The molecule has 7 nitrogen and oxygen atoms in total. The summed E-state index contributed by atoms with van der Waals surface area (Å²) in [5, 5.41) is 2.61. The molecule has 0 saturated carbocycles. The third kappa shape index (κ3) is 5.30. The highest BCUT2D eigenvalue weighted by atomic mass is 32.2. The Kier molecular flexibility index (Phi) is 6.57. The lowest BCUT2D eigenvalue weighted by atomic mass is 10.2. The van der Waals surface area contributed by atoms with E-state index in [0.717, 1.165) is 0 Å². The molecule has 2 N–H and O–H groups in total. The molecule has 2 aromatic rings. The molecule has 8 heteroatoms. The van der Waals surface area contributed by atoms with Gasteiger partial charge in [0.15, 0.2) is 0 Å². The van der Waals surface area contributed by atoms with E-state index in [-0.39, 0.29) is 16.7 Å². The molecule has 0 radical (unpaired) electrons. The van der Waals surface area contributed by atoms with Crippen molar-refractivity contribution in [3.05, 3.63) is 54.1 Å². The topological polar surface area (TPSA) is 95.6 Å². The number of carbonyl (C=O) groups is 2. The molecule has 0 heterocycles. The van der Waals surface area contributed by atoms with Crippen LogP contribution in [-0.4, -0.2) is 38.2 Å². The van der Waals surface area contributed by atoms with E-state index in [1.165, 1.54) is 31.2 Å². The predicted molar refractivity (Wildman–Crippen MR) is 105 cm³/mol. The Bertz CT molecular complexity index is 903. The Morgan fingerprint density at radius 3 is 1.89 bits per heavy atom. The SMILES string of the molecule is CCN(CC)C(=O)c1ccc(S(=O)(=O)Nc2ccc(NC(C)=O)cc2)cc1. The molecule has 144 valence electrons. The van der Waals surface area contributed by atoms with E-state index < -0.39 is 10.0 Å². The second kappa shape index (κ2) is 8.68. The summed E-state index contributed by atoms with van der Waals surface area (Å²) in [6.45, 7) is 6.35. The Hall–Kier alpha value is -2.87. The van der Waals surface area contributed by atoms with Gasteiger partial charge >= 0.3 is 0 Å². The molecule has 0 unspecified atom stereocenters. The molecule has 0 aliphatic carbocycles. The lowest BCUT2D eigenvalue weighted by Gasteiger charge is -2.18. The minimum Gasteiger partial charge on any atom is -0.339 e. The average Bonchev–Trinajstić information content (AvgIpc) is 2.64. The number of nitrogens with one attached hydrogen (secondary N) is 2. The van der Waals surface area contributed by atoms with Crippen LogP contribution in [0.2, 0.25) is 0 Å². The van der Waals surface area contributed by atoms with Crippen LogP contribution in [-0.2, 0) is 14.8 Å². The van der Waals surface area contributed by atoms with Gasteiger partial charge in [-0.25, -0.2) is 8.42 Å². The van der Waals surface area contributed by atoms with Gasteiger partial charge in [-0.15, -0.1) is 0 Å². The van der Waals surface area contributed by atoms with Crippen LogP contribution in [0, 0.1) is 0 Å². The number of amides is 2. The van der Waals surface area contributed by atoms with Crippen molar-refractivity contribution in [2.75, 3.05) is 23.1 Å². The van der Waals surface area contributed by atoms with Gasteiger partial charge in [0, 0.05) is 37.0 Å². The fraction of sp³-hybridized carbons (Fsp3) is 0.263. The Balaban J connectivity index is 2.14. The molecule has 0 bridgehead atoms. The van der Waals surface area contributed by atoms with E-state index in [4.69, 9.17) is 0 Å². The molecule has 0 saturated heterocycles. The summed E-state index contributed by atoms with van der Waals surface area (Å²) in [7, 11) is -3.79. The van der Waals surface area contributed by atoms with Crippen LogP contribution in [0.4, 0.5) is 11.4 Å². The lowest BCUT2D eigenvalue weighted by Crippen LogP contribution is -2.30. The van der Waals surface area contributed by atoms with Gasteiger partial charge in [-0.1, -0.05) is 0 Å². The number of sulfonamides is 1.